The second-order valence-electron chi connectivity index (χ2n) is 5.32. The van der Waals surface area contributed by atoms with Gasteiger partial charge in [-0.25, -0.2) is 4.39 Å². The van der Waals surface area contributed by atoms with Crippen LogP contribution in [0.15, 0.2) is 47.4 Å². The third-order valence-corrected chi connectivity index (χ3v) is 4.90. The smallest absolute Gasteiger partial charge is 0.268 e. The largest absolute Gasteiger partial charge is 0.293 e. The zero-order valence-electron chi connectivity index (χ0n) is 13.0. The number of para-hydroxylation sites is 1. The van der Waals surface area contributed by atoms with E-state index in [2.05, 4.69) is 0 Å². The molecule has 0 aliphatic carbocycles. The van der Waals surface area contributed by atoms with Crippen molar-refractivity contribution in [2.24, 2.45) is 0 Å². The van der Waals surface area contributed by atoms with Crippen molar-refractivity contribution < 1.29 is 18.9 Å². The van der Waals surface area contributed by atoms with E-state index in [1.165, 1.54) is 36.4 Å². The number of nitro benzene ring substituents is 1. The molecule has 3 rings (SSSR count). The average Bonchev–Trinajstić information content (AvgIpc) is 2.85. The quantitative estimate of drug-likeness (QED) is 0.430. The third-order valence-electron chi connectivity index (χ3n) is 3.64. The fraction of sp³-hybridized carbons (Fsp3) is 0.0588. The number of nitrogens with zero attached hydrogens (tertiary/aromatic N) is 2. The maximum absolute atomic E-state index is 13.1. The van der Waals surface area contributed by atoms with Gasteiger partial charge in [0.2, 0.25) is 0 Å². The minimum atomic E-state index is -0.585. The first-order valence-electron chi connectivity index (χ1n) is 7.29. The summed E-state index contributed by atoms with van der Waals surface area (Å²) >= 11 is 6.62. The molecule has 9 heteroatoms. The molecule has 26 heavy (non-hydrogen) atoms. The number of carbonyl (C=O) groups excluding carboxylic acids is 2. The van der Waals surface area contributed by atoms with Gasteiger partial charge in [0.25, 0.3) is 16.8 Å². The van der Waals surface area contributed by atoms with Gasteiger partial charge < -0.3 is 0 Å². The van der Waals surface area contributed by atoms with Gasteiger partial charge in [0.15, 0.2) is 0 Å². The molecule has 0 bridgehead atoms. The van der Waals surface area contributed by atoms with Gasteiger partial charge in [0, 0.05) is 11.1 Å². The Labute approximate surface area is 156 Å². The van der Waals surface area contributed by atoms with Gasteiger partial charge in [0.05, 0.1) is 21.9 Å². The Kier molecular flexibility index (Phi) is 5.06. The lowest BCUT2D eigenvalue weighted by atomic mass is 10.1. The highest BCUT2D eigenvalue weighted by molar-refractivity contribution is 8.18. The average molecular weight is 393 g/mol. The van der Waals surface area contributed by atoms with Crippen molar-refractivity contribution in [2.75, 3.05) is 0 Å². The van der Waals surface area contributed by atoms with E-state index >= 15 is 0 Å². The number of halogens is 2. The van der Waals surface area contributed by atoms with Gasteiger partial charge in [-0.1, -0.05) is 29.8 Å². The number of carbonyl (C=O) groups is 2. The summed E-state index contributed by atoms with van der Waals surface area (Å²) in [4.78, 5) is 36.2. The van der Waals surface area contributed by atoms with Crippen molar-refractivity contribution >= 4 is 46.3 Å². The second-order valence-corrected chi connectivity index (χ2v) is 6.72. The molecule has 6 nitrogen and oxygen atoms in total. The number of rotatable bonds is 4. The topological polar surface area (TPSA) is 80.5 Å². The van der Waals surface area contributed by atoms with Crippen LogP contribution in [0.25, 0.3) is 6.08 Å². The normalized spacial score (nSPS) is 15.8. The van der Waals surface area contributed by atoms with Crippen molar-refractivity contribution in [3.63, 3.8) is 0 Å². The molecule has 1 aliphatic rings. The zero-order chi connectivity index (χ0) is 18.8. The Morgan fingerprint density at radius 1 is 1.23 bits per heavy atom. The lowest BCUT2D eigenvalue weighted by Gasteiger charge is -2.13. The summed E-state index contributed by atoms with van der Waals surface area (Å²) in [5.74, 6) is -1.11. The Morgan fingerprint density at radius 2 is 1.96 bits per heavy atom. The molecule has 0 unspecified atom stereocenters. The first-order valence-corrected chi connectivity index (χ1v) is 8.49. The summed E-state index contributed by atoms with van der Waals surface area (Å²) in [6, 6.07) is 9.59. The van der Waals surface area contributed by atoms with Crippen LogP contribution >= 0.6 is 23.4 Å². The molecule has 0 spiro atoms. The first kappa shape index (κ1) is 18.1. The van der Waals surface area contributed by atoms with Crippen molar-refractivity contribution in [1.29, 1.82) is 0 Å². The Hall–Kier alpha value is -2.71. The highest BCUT2D eigenvalue weighted by Gasteiger charge is 2.35. The molecule has 0 aromatic heterocycles. The molecule has 1 heterocycles. The van der Waals surface area contributed by atoms with E-state index in [0.717, 1.165) is 11.0 Å². The van der Waals surface area contributed by atoms with Gasteiger partial charge in [-0.3, -0.25) is 24.6 Å². The number of hydrogen-bond acceptors (Lipinski definition) is 5. The van der Waals surface area contributed by atoms with Crippen LogP contribution in [-0.4, -0.2) is 21.0 Å². The molecule has 0 saturated carbocycles. The molecule has 2 aromatic carbocycles. The summed E-state index contributed by atoms with van der Waals surface area (Å²) in [5.41, 5.74) is 0.478. The number of amides is 2. The minimum absolute atomic E-state index is 0.0718. The zero-order valence-corrected chi connectivity index (χ0v) is 14.6. The van der Waals surface area contributed by atoms with Gasteiger partial charge >= 0.3 is 0 Å². The maximum atomic E-state index is 13.1. The monoisotopic (exact) mass is 392 g/mol. The number of benzene rings is 2. The SMILES string of the molecule is O=C1S/C(=C\c2ccccc2[N+](=O)[O-])C(=O)N1Cc1ccc(F)cc1Cl. The summed E-state index contributed by atoms with van der Waals surface area (Å²) in [5, 5.41) is 10.6. The fourth-order valence-corrected chi connectivity index (χ4v) is 3.43. The molecule has 0 radical (unpaired) electrons. The van der Waals surface area contributed by atoms with Crippen LogP contribution in [0.4, 0.5) is 14.9 Å². The Bertz CT molecular complexity index is 964. The second kappa shape index (κ2) is 7.27. The molecule has 0 atom stereocenters. The van der Waals surface area contributed by atoms with Gasteiger partial charge in [-0.05, 0) is 41.6 Å². The van der Waals surface area contributed by atoms with E-state index in [9.17, 15) is 24.1 Å². The Balaban J connectivity index is 1.89. The summed E-state index contributed by atoms with van der Waals surface area (Å²) in [6.07, 6.45) is 1.31. The molecule has 0 N–H and O–H groups in total. The van der Waals surface area contributed by atoms with E-state index in [4.69, 9.17) is 11.6 Å². The van der Waals surface area contributed by atoms with Crippen molar-refractivity contribution in [2.45, 2.75) is 6.54 Å². The first-order chi connectivity index (χ1) is 12.4. The molecule has 1 aliphatic heterocycles. The van der Waals surface area contributed by atoms with Crippen LogP contribution in [0.1, 0.15) is 11.1 Å². The summed E-state index contributed by atoms with van der Waals surface area (Å²) < 4.78 is 13.1. The lowest BCUT2D eigenvalue weighted by molar-refractivity contribution is -0.385. The number of nitro groups is 1. The predicted molar refractivity (Wildman–Crippen MR) is 96.0 cm³/mol. The molecule has 2 aromatic rings. The molecule has 1 fully saturated rings. The standard InChI is InChI=1S/C17H10ClFN2O4S/c18-13-8-12(19)6-5-11(13)9-20-16(22)15(26-17(20)23)7-10-3-1-2-4-14(10)21(24)25/h1-8H,9H2/b15-7-. The minimum Gasteiger partial charge on any atom is -0.268 e. The van der Waals surface area contributed by atoms with Crippen LogP contribution in [0.3, 0.4) is 0 Å². The predicted octanol–water partition coefficient (Wildman–Crippen LogP) is 4.62. The van der Waals surface area contributed by atoms with E-state index in [-0.39, 0.29) is 27.7 Å². The van der Waals surface area contributed by atoms with E-state index in [1.807, 2.05) is 0 Å². The van der Waals surface area contributed by atoms with Gasteiger partial charge in [-0.2, -0.15) is 0 Å². The number of hydrogen-bond donors (Lipinski definition) is 0. The van der Waals surface area contributed by atoms with E-state index in [1.54, 1.807) is 6.07 Å². The van der Waals surface area contributed by atoms with Crippen LogP contribution in [0.5, 0.6) is 0 Å². The molecular weight excluding hydrogens is 383 g/mol. The lowest BCUT2D eigenvalue weighted by Crippen LogP contribution is -2.27. The van der Waals surface area contributed by atoms with Crippen molar-refractivity contribution in [1.82, 2.24) is 4.90 Å². The summed E-state index contributed by atoms with van der Waals surface area (Å²) in [7, 11) is 0. The molecular formula is C17H10ClFN2O4S. The van der Waals surface area contributed by atoms with Crippen molar-refractivity contribution in [3.8, 4) is 0 Å². The molecule has 1 saturated heterocycles. The molecule has 132 valence electrons. The maximum Gasteiger partial charge on any atom is 0.293 e. The number of thioether (sulfide) groups is 1. The van der Waals surface area contributed by atoms with E-state index in [0.29, 0.717) is 17.3 Å². The fourth-order valence-electron chi connectivity index (χ4n) is 2.37. The number of imide groups is 1. The van der Waals surface area contributed by atoms with Crippen LogP contribution < -0.4 is 0 Å². The highest BCUT2D eigenvalue weighted by Crippen LogP contribution is 2.35. The van der Waals surface area contributed by atoms with Gasteiger partial charge in [-0.15, -0.1) is 0 Å². The van der Waals surface area contributed by atoms with Crippen LogP contribution in [0, 0.1) is 15.9 Å². The highest BCUT2D eigenvalue weighted by atomic mass is 35.5. The Morgan fingerprint density at radius 3 is 2.65 bits per heavy atom. The third kappa shape index (κ3) is 3.61. The van der Waals surface area contributed by atoms with Gasteiger partial charge in [0.1, 0.15) is 5.82 Å². The van der Waals surface area contributed by atoms with Crippen LogP contribution in [-0.2, 0) is 11.3 Å². The summed E-state index contributed by atoms with van der Waals surface area (Å²) in [6.45, 7) is -0.113. The van der Waals surface area contributed by atoms with Crippen LogP contribution in [0.2, 0.25) is 5.02 Å². The van der Waals surface area contributed by atoms with Crippen molar-refractivity contribution in [3.05, 3.63) is 79.5 Å². The van der Waals surface area contributed by atoms with E-state index < -0.39 is 21.9 Å². The molecule has 2 amide bonds.